The molecule has 2 rings (SSSR count). The third kappa shape index (κ3) is 7.92. The summed E-state index contributed by atoms with van der Waals surface area (Å²) in [5, 5.41) is 6.27. The van der Waals surface area contributed by atoms with Crippen molar-refractivity contribution in [1.82, 2.24) is 15.5 Å². The average Bonchev–Trinajstić information content (AvgIpc) is 3.11. The van der Waals surface area contributed by atoms with Crippen LogP contribution in [0.15, 0.2) is 0 Å². The molecule has 0 saturated carbocycles. The van der Waals surface area contributed by atoms with Crippen LogP contribution in [0.3, 0.4) is 0 Å². The Balaban J connectivity index is 0.00000312. The standard InChI is InChI=1S/C18H33N3O3.ClH/c1-14(2)13-24-10-7-17(22)21-9-4-5-15(12-21)11-20-18(23)16-6-3-8-19-16;/h14-16,19H,3-13H2,1-2H3,(H,20,23);1H. The van der Waals surface area contributed by atoms with Crippen LogP contribution < -0.4 is 10.6 Å². The van der Waals surface area contributed by atoms with Crippen LogP contribution in [-0.2, 0) is 14.3 Å². The van der Waals surface area contributed by atoms with E-state index in [1.165, 1.54) is 0 Å². The SMILES string of the molecule is CC(C)COCCC(=O)N1CCCC(CNC(=O)C2CCCN2)C1.Cl. The monoisotopic (exact) mass is 375 g/mol. The summed E-state index contributed by atoms with van der Waals surface area (Å²) < 4.78 is 5.51. The van der Waals surface area contributed by atoms with Crippen LogP contribution in [0.2, 0.25) is 0 Å². The molecule has 2 heterocycles. The van der Waals surface area contributed by atoms with Crippen LogP contribution in [-0.4, -0.2) is 62.1 Å². The molecule has 0 radical (unpaired) electrons. The number of rotatable bonds is 8. The van der Waals surface area contributed by atoms with Gasteiger partial charge in [-0.15, -0.1) is 12.4 Å². The molecule has 0 aromatic heterocycles. The van der Waals surface area contributed by atoms with Crippen molar-refractivity contribution in [1.29, 1.82) is 0 Å². The maximum Gasteiger partial charge on any atom is 0.237 e. The van der Waals surface area contributed by atoms with Gasteiger partial charge in [-0.05, 0) is 44.1 Å². The van der Waals surface area contributed by atoms with Crippen LogP contribution in [0.5, 0.6) is 0 Å². The molecule has 2 atom stereocenters. The molecule has 6 nitrogen and oxygen atoms in total. The van der Waals surface area contributed by atoms with Crippen molar-refractivity contribution >= 4 is 24.2 Å². The number of ether oxygens (including phenoxy) is 1. The fourth-order valence-electron chi connectivity index (χ4n) is 3.37. The van der Waals surface area contributed by atoms with Crippen LogP contribution >= 0.6 is 12.4 Å². The van der Waals surface area contributed by atoms with Crippen LogP contribution in [0.4, 0.5) is 0 Å². The maximum absolute atomic E-state index is 12.3. The molecule has 0 bridgehead atoms. The smallest absolute Gasteiger partial charge is 0.237 e. The Hall–Kier alpha value is -0.850. The van der Waals surface area contributed by atoms with Gasteiger partial charge in [0.05, 0.1) is 19.1 Å². The van der Waals surface area contributed by atoms with E-state index >= 15 is 0 Å². The van der Waals surface area contributed by atoms with Crippen molar-refractivity contribution in [3.05, 3.63) is 0 Å². The van der Waals surface area contributed by atoms with E-state index in [-0.39, 0.29) is 30.3 Å². The third-order valence-corrected chi connectivity index (χ3v) is 4.72. The van der Waals surface area contributed by atoms with Gasteiger partial charge in [0.15, 0.2) is 0 Å². The molecule has 2 aliphatic rings. The van der Waals surface area contributed by atoms with Crippen molar-refractivity contribution in [2.75, 3.05) is 39.4 Å². The molecule has 2 aliphatic heterocycles. The fourth-order valence-corrected chi connectivity index (χ4v) is 3.37. The largest absolute Gasteiger partial charge is 0.381 e. The van der Waals surface area contributed by atoms with Crippen molar-refractivity contribution in [2.45, 2.75) is 52.0 Å². The van der Waals surface area contributed by atoms with E-state index in [2.05, 4.69) is 24.5 Å². The summed E-state index contributed by atoms with van der Waals surface area (Å²) in [4.78, 5) is 26.3. The van der Waals surface area contributed by atoms with Gasteiger partial charge in [0, 0.05) is 26.2 Å². The van der Waals surface area contributed by atoms with Gasteiger partial charge in [0.25, 0.3) is 0 Å². The Labute approximate surface area is 157 Å². The summed E-state index contributed by atoms with van der Waals surface area (Å²) in [6.07, 6.45) is 4.55. The number of hydrogen-bond donors (Lipinski definition) is 2. The van der Waals surface area contributed by atoms with E-state index in [0.29, 0.717) is 38.0 Å². The zero-order valence-corrected chi connectivity index (χ0v) is 16.4. The average molecular weight is 376 g/mol. The van der Waals surface area contributed by atoms with Gasteiger partial charge in [-0.2, -0.15) is 0 Å². The lowest BCUT2D eigenvalue weighted by molar-refractivity contribution is -0.134. The minimum Gasteiger partial charge on any atom is -0.381 e. The molecule has 146 valence electrons. The Morgan fingerprint density at radius 1 is 1.28 bits per heavy atom. The molecular weight excluding hydrogens is 342 g/mol. The van der Waals surface area contributed by atoms with Gasteiger partial charge < -0.3 is 20.3 Å². The number of nitrogens with one attached hydrogen (secondary N) is 2. The number of halogens is 1. The molecule has 2 N–H and O–H groups in total. The second-order valence-corrected chi connectivity index (χ2v) is 7.46. The fraction of sp³-hybridized carbons (Fsp3) is 0.889. The summed E-state index contributed by atoms with van der Waals surface area (Å²) in [6, 6.07) is -0.0237. The summed E-state index contributed by atoms with van der Waals surface area (Å²) in [5.74, 6) is 1.15. The second-order valence-electron chi connectivity index (χ2n) is 7.46. The molecule has 2 unspecified atom stereocenters. The van der Waals surface area contributed by atoms with E-state index in [1.807, 2.05) is 4.90 Å². The summed E-state index contributed by atoms with van der Waals surface area (Å²) >= 11 is 0. The molecule has 25 heavy (non-hydrogen) atoms. The molecule has 0 aromatic rings. The van der Waals surface area contributed by atoms with Gasteiger partial charge in [-0.1, -0.05) is 13.8 Å². The highest BCUT2D eigenvalue weighted by molar-refractivity contribution is 5.85. The van der Waals surface area contributed by atoms with Crippen LogP contribution in [0.1, 0.15) is 46.0 Å². The Kier molecular flexibility index (Phi) is 10.4. The molecule has 0 spiro atoms. The maximum atomic E-state index is 12.3. The van der Waals surface area contributed by atoms with Crippen LogP contribution in [0, 0.1) is 11.8 Å². The molecule has 2 fully saturated rings. The van der Waals surface area contributed by atoms with Crippen molar-refractivity contribution < 1.29 is 14.3 Å². The van der Waals surface area contributed by atoms with E-state index in [0.717, 1.165) is 45.3 Å². The Bertz CT molecular complexity index is 414. The highest BCUT2D eigenvalue weighted by Crippen LogP contribution is 2.17. The number of nitrogens with zero attached hydrogens (tertiary/aromatic N) is 1. The first-order valence-corrected chi connectivity index (χ1v) is 9.43. The molecular formula is C18H34ClN3O3. The topological polar surface area (TPSA) is 70.7 Å². The first-order chi connectivity index (χ1) is 11.6. The first-order valence-electron chi connectivity index (χ1n) is 9.43. The van der Waals surface area contributed by atoms with Crippen LogP contribution in [0.25, 0.3) is 0 Å². The van der Waals surface area contributed by atoms with E-state index < -0.39 is 0 Å². The minimum absolute atomic E-state index is 0. The lowest BCUT2D eigenvalue weighted by Gasteiger charge is -2.33. The Morgan fingerprint density at radius 2 is 2.08 bits per heavy atom. The molecule has 7 heteroatoms. The summed E-state index contributed by atoms with van der Waals surface area (Å²) in [5.41, 5.74) is 0. The first kappa shape index (κ1) is 22.2. The van der Waals surface area contributed by atoms with Gasteiger partial charge >= 0.3 is 0 Å². The number of amides is 2. The number of hydrogen-bond acceptors (Lipinski definition) is 4. The van der Waals surface area contributed by atoms with Gasteiger partial charge in [0.1, 0.15) is 0 Å². The normalized spacial score (nSPS) is 23.4. The van der Waals surface area contributed by atoms with E-state index in [1.54, 1.807) is 0 Å². The van der Waals surface area contributed by atoms with E-state index in [4.69, 9.17) is 4.74 Å². The predicted octanol–water partition coefficient (Wildman–Crippen LogP) is 1.58. The minimum atomic E-state index is -0.0237. The lowest BCUT2D eigenvalue weighted by Crippen LogP contribution is -2.46. The highest BCUT2D eigenvalue weighted by atomic mass is 35.5. The predicted molar refractivity (Wildman–Crippen MR) is 101 cm³/mol. The quantitative estimate of drug-likeness (QED) is 0.632. The van der Waals surface area contributed by atoms with Gasteiger partial charge in [0.2, 0.25) is 11.8 Å². The zero-order chi connectivity index (χ0) is 17.4. The van der Waals surface area contributed by atoms with Crippen molar-refractivity contribution in [2.24, 2.45) is 11.8 Å². The van der Waals surface area contributed by atoms with Crippen molar-refractivity contribution in [3.63, 3.8) is 0 Å². The molecule has 0 aliphatic carbocycles. The van der Waals surface area contributed by atoms with E-state index in [9.17, 15) is 9.59 Å². The zero-order valence-electron chi connectivity index (χ0n) is 15.6. The Morgan fingerprint density at radius 3 is 2.76 bits per heavy atom. The van der Waals surface area contributed by atoms with Gasteiger partial charge in [-0.25, -0.2) is 0 Å². The summed E-state index contributed by atoms with van der Waals surface area (Å²) in [7, 11) is 0. The lowest BCUT2D eigenvalue weighted by atomic mass is 9.97. The molecule has 2 amide bonds. The highest BCUT2D eigenvalue weighted by Gasteiger charge is 2.26. The number of likely N-dealkylation sites (tertiary alicyclic amines) is 1. The van der Waals surface area contributed by atoms with Gasteiger partial charge in [-0.3, -0.25) is 9.59 Å². The third-order valence-electron chi connectivity index (χ3n) is 4.72. The van der Waals surface area contributed by atoms with Crippen molar-refractivity contribution in [3.8, 4) is 0 Å². The number of carbonyl (C=O) groups is 2. The summed E-state index contributed by atoms with van der Waals surface area (Å²) in [6.45, 7) is 8.60. The molecule has 0 aromatic carbocycles. The number of piperidine rings is 1. The number of carbonyl (C=O) groups excluding carboxylic acids is 2. The molecule has 2 saturated heterocycles. The second kappa shape index (κ2) is 11.7.